The van der Waals surface area contributed by atoms with Gasteiger partial charge in [-0.2, -0.15) is 11.8 Å². The summed E-state index contributed by atoms with van der Waals surface area (Å²) in [6.07, 6.45) is 3.22. The second kappa shape index (κ2) is 6.61. The molecular weight excluding hydrogens is 260 g/mol. The van der Waals surface area contributed by atoms with Crippen LogP contribution < -0.4 is 5.32 Å². The number of hydrogen-bond acceptors (Lipinski definition) is 4. The number of sulfonamides is 1. The largest absolute Gasteiger partial charge is 0.358 e. The van der Waals surface area contributed by atoms with Gasteiger partial charge in [-0.1, -0.05) is 0 Å². The fourth-order valence-electron chi connectivity index (χ4n) is 1.85. The molecule has 1 rings (SSSR count). The summed E-state index contributed by atoms with van der Waals surface area (Å²) >= 11 is 1.57. The SMILES string of the molecule is CNC(=O)CSCC1CCCN(S(C)(=O)=O)C1. The zero-order valence-electron chi connectivity index (χ0n) is 10.3. The lowest BCUT2D eigenvalue weighted by Crippen LogP contribution is -2.40. The smallest absolute Gasteiger partial charge is 0.229 e. The topological polar surface area (TPSA) is 66.5 Å². The number of nitrogens with zero attached hydrogens (tertiary/aromatic N) is 1. The minimum absolute atomic E-state index is 0.0192. The van der Waals surface area contributed by atoms with Gasteiger partial charge < -0.3 is 5.32 Å². The summed E-state index contributed by atoms with van der Waals surface area (Å²) in [6, 6.07) is 0. The van der Waals surface area contributed by atoms with E-state index in [1.54, 1.807) is 23.1 Å². The van der Waals surface area contributed by atoms with E-state index in [4.69, 9.17) is 0 Å². The van der Waals surface area contributed by atoms with Crippen LogP contribution in [0.2, 0.25) is 0 Å². The van der Waals surface area contributed by atoms with Gasteiger partial charge in [0.05, 0.1) is 12.0 Å². The molecule has 0 aromatic carbocycles. The highest BCUT2D eigenvalue weighted by Gasteiger charge is 2.25. The Hall–Kier alpha value is -0.270. The van der Waals surface area contributed by atoms with Crippen molar-refractivity contribution in [1.29, 1.82) is 0 Å². The summed E-state index contributed by atoms with van der Waals surface area (Å²) in [5.74, 6) is 1.68. The van der Waals surface area contributed by atoms with Crippen molar-refractivity contribution >= 4 is 27.7 Å². The Morgan fingerprint density at radius 3 is 2.82 bits per heavy atom. The van der Waals surface area contributed by atoms with Gasteiger partial charge in [-0.25, -0.2) is 12.7 Å². The first-order valence-corrected chi connectivity index (χ1v) is 8.67. The lowest BCUT2D eigenvalue weighted by atomic mass is 10.0. The molecule has 1 saturated heterocycles. The van der Waals surface area contributed by atoms with Gasteiger partial charge in [0, 0.05) is 20.1 Å². The standard InChI is InChI=1S/C10H20N2O3S2/c1-11-10(13)8-16-7-9-4-3-5-12(6-9)17(2,14)15/h9H,3-8H2,1-2H3,(H,11,13). The number of hydrogen-bond donors (Lipinski definition) is 1. The summed E-state index contributed by atoms with van der Waals surface area (Å²) in [4.78, 5) is 11.0. The Morgan fingerprint density at radius 1 is 1.53 bits per heavy atom. The number of nitrogens with one attached hydrogen (secondary N) is 1. The zero-order valence-corrected chi connectivity index (χ0v) is 11.9. The second-order valence-corrected chi connectivity index (χ2v) is 7.33. The summed E-state index contributed by atoms with van der Waals surface area (Å²) < 4.78 is 24.4. The van der Waals surface area contributed by atoms with E-state index >= 15 is 0 Å². The van der Waals surface area contributed by atoms with Crippen molar-refractivity contribution < 1.29 is 13.2 Å². The summed E-state index contributed by atoms with van der Waals surface area (Å²) in [7, 11) is -1.44. The molecule has 1 aliphatic heterocycles. The van der Waals surface area contributed by atoms with Crippen molar-refractivity contribution in [3.63, 3.8) is 0 Å². The molecule has 0 radical (unpaired) electrons. The van der Waals surface area contributed by atoms with Gasteiger partial charge in [-0.15, -0.1) is 0 Å². The monoisotopic (exact) mass is 280 g/mol. The molecule has 1 aliphatic rings. The summed E-state index contributed by atoms with van der Waals surface area (Å²) in [6.45, 7) is 1.23. The van der Waals surface area contributed by atoms with Crippen molar-refractivity contribution in [3.8, 4) is 0 Å². The Balaban J connectivity index is 2.33. The molecule has 5 nitrogen and oxygen atoms in total. The average Bonchev–Trinajstić information content (AvgIpc) is 2.28. The van der Waals surface area contributed by atoms with E-state index in [1.165, 1.54) is 6.26 Å². The maximum Gasteiger partial charge on any atom is 0.229 e. The number of carbonyl (C=O) groups is 1. The van der Waals surface area contributed by atoms with Crippen LogP contribution in [-0.4, -0.2) is 56.5 Å². The molecule has 0 bridgehead atoms. The number of amides is 1. The predicted octanol–water partition coefficient (Wildman–Crippen LogP) is 0.137. The van der Waals surface area contributed by atoms with E-state index in [2.05, 4.69) is 5.32 Å². The van der Waals surface area contributed by atoms with E-state index in [1.807, 2.05) is 0 Å². The van der Waals surface area contributed by atoms with Gasteiger partial charge in [0.1, 0.15) is 0 Å². The first-order chi connectivity index (χ1) is 7.93. The Kier molecular flexibility index (Phi) is 5.75. The molecule has 1 N–H and O–H groups in total. The van der Waals surface area contributed by atoms with Crippen molar-refractivity contribution in [2.45, 2.75) is 12.8 Å². The van der Waals surface area contributed by atoms with E-state index in [0.717, 1.165) is 18.6 Å². The highest BCUT2D eigenvalue weighted by molar-refractivity contribution is 7.99. The van der Waals surface area contributed by atoms with Gasteiger partial charge in [-0.3, -0.25) is 4.79 Å². The molecule has 1 heterocycles. The highest BCUT2D eigenvalue weighted by atomic mass is 32.2. The van der Waals surface area contributed by atoms with E-state index in [-0.39, 0.29) is 5.91 Å². The third-order valence-electron chi connectivity index (χ3n) is 2.82. The van der Waals surface area contributed by atoms with Gasteiger partial charge >= 0.3 is 0 Å². The van der Waals surface area contributed by atoms with Gasteiger partial charge in [0.25, 0.3) is 0 Å². The third-order valence-corrected chi connectivity index (χ3v) is 5.26. The number of carbonyl (C=O) groups excluding carboxylic acids is 1. The van der Waals surface area contributed by atoms with Crippen molar-refractivity contribution in [2.24, 2.45) is 5.92 Å². The zero-order chi connectivity index (χ0) is 12.9. The normalized spacial score (nSPS) is 22.4. The predicted molar refractivity (Wildman–Crippen MR) is 70.5 cm³/mol. The van der Waals surface area contributed by atoms with Gasteiger partial charge in [0.2, 0.25) is 15.9 Å². The molecular formula is C10H20N2O3S2. The molecule has 0 spiro atoms. The van der Waals surface area contributed by atoms with Crippen molar-refractivity contribution in [2.75, 3.05) is 37.9 Å². The van der Waals surface area contributed by atoms with Crippen molar-refractivity contribution in [1.82, 2.24) is 9.62 Å². The Morgan fingerprint density at radius 2 is 2.24 bits per heavy atom. The molecule has 0 saturated carbocycles. The minimum atomic E-state index is -3.06. The molecule has 1 unspecified atom stereocenters. The van der Waals surface area contributed by atoms with Crippen molar-refractivity contribution in [3.05, 3.63) is 0 Å². The Bertz CT molecular complexity index is 357. The van der Waals surface area contributed by atoms with Crippen LogP contribution in [0.15, 0.2) is 0 Å². The number of rotatable bonds is 5. The lowest BCUT2D eigenvalue weighted by molar-refractivity contribution is -0.118. The number of piperidine rings is 1. The van der Waals surface area contributed by atoms with Crippen LogP contribution in [0.5, 0.6) is 0 Å². The van der Waals surface area contributed by atoms with Crippen LogP contribution in [0.1, 0.15) is 12.8 Å². The van der Waals surface area contributed by atoms with Crippen LogP contribution in [-0.2, 0) is 14.8 Å². The summed E-state index contributed by atoms with van der Waals surface area (Å²) in [5.41, 5.74) is 0. The van der Waals surface area contributed by atoms with Crippen LogP contribution in [0.3, 0.4) is 0 Å². The molecule has 7 heteroatoms. The van der Waals surface area contributed by atoms with E-state index in [0.29, 0.717) is 24.8 Å². The highest BCUT2D eigenvalue weighted by Crippen LogP contribution is 2.22. The molecule has 0 aliphatic carbocycles. The number of thioether (sulfide) groups is 1. The molecule has 1 amide bonds. The quantitative estimate of drug-likeness (QED) is 0.778. The van der Waals surface area contributed by atoms with Crippen LogP contribution in [0.25, 0.3) is 0 Å². The minimum Gasteiger partial charge on any atom is -0.358 e. The van der Waals surface area contributed by atoms with Gasteiger partial charge in [-0.05, 0) is 24.5 Å². The third kappa shape index (κ3) is 5.27. The van der Waals surface area contributed by atoms with Crippen LogP contribution in [0, 0.1) is 5.92 Å². The van der Waals surface area contributed by atoms with E-state index < -0.39 is 10.0 Å². The maximum absolute atomic E-state index is 11.4. The maximum atomic E-state index is 11.4. The molecule has 0 aromatic rings. The fraction of sp³-hybridized carbons (Fsp3) is 0.900. The molecule has 1 fully saturated rings. The van der Waals surface area contributed by atoms with Gasteiger partial charge in [0.15, 0.2) is 0 Å². The van der Waals surface area contributed by atoms with Crippen LogP contribution >= 0.6 is 11.8 Å². The molecule has 0 aromatic heterocycles. The molecule has 17 heavy (non-hydrogen) atoms. The van der Waals surface area contributed by atoms with E-state index in [9.17, 15) is 13.2 Å². The first-order valence-electron chi connectivity index (χ1n) is 5.67. The lowest BCUT2D eigenvalue weighted by Gasteiger charge is -2.30. The first kappa shape index (κ1) is 14.8. The summed E-state index contributed by atoms with van der Waals surface area (Å²) in [5, 5.41) is 2.57. The molecule has 1 atom stereocenters. The second-order valence-electron chi connectivity index (χ2n) is 4.32. The fourth-order valence-corrected chi connectivity index (χ4v) is 3.85. The average molecular weight is 280 g/mol. The Labute approximate surface area is 107 Å². The van der Waals surface area contributed by atoms with Crippen LogP contribution in [0.4, 0.5) is 0 Å². The molecule has 100 valence electrons.